The monoisotopic (exact) mass is 310 g/mol. The minimum absolute atomic E-state index is 0.377. The Hall–Kier alpha value is 0. The van der Waals surface area contributed by atoms with Crippen LogP contribution in [0.3, 0.4) is 0 Å². The molecule has 3 unspecified atom stereocenters. The summed E-state index contributed by atoms with van der Waals surface area (Å²) in [5, 5.41) is 0. The molecule has 0 spiro atoms. The van der Waals surface area contributed by atoms with Gasteiger partial charge in [0.25, 0.3) is 0 Å². The van der Waals surface area contributed by atoms with Crippen LogP contribution in [0, 0.1) is 34.0 Å². The topological polar surface area (TPSA) is 0 Å². The van der Waals surface area contributed by atoms with Crippen LogP contribution in [-0.4, -0.2) is 0 Å². The summed E-state index contributed by atoms with van der Waals surface area (Å²) in [4.78, 5) is 0. The fourth-order valence-electron chi connectivity index (χ4n) is 4.13. The highest BCUT2D eigenvalue weighted by atomic mass is 14.5. The second-order valence-electron chi connectivity index (χ2n) is 9.67. The van der Waals surface area contributed by atoms with Crippen LogP contribution >= 0.6 is 0 Å². The van der Waals surface area contributed by atoms with Crippen molar-refractivity contribution < 1.29 is 0 Å². The van der Waals surface area contributed by atoms with E-state index in [1.165, 1.54) is 32.1 Å². The fraction of sp³-hybridized carbons (Fsp3) is 1.00. The van der Waals surface area contributed by atoms with Gasteiger partial charge in [-0.05, 0) is 40.4 Å². The van der Waals surface area contributed by atoms with Crippen LogP contribution in [0.1, 0.15) is 108 Å². The van der Waals surface area contributed by atoms with E-state index < -0.39 is 0 Å². The van der Waals surface area contributed by atoms with Crippen molar-refractivity contribution in [2.45, 2.75) is 108 Å². The maximum absolute atomic E-state index is 2.57. The lowest BCUT2D eigenvalue weighted by atomic mass is 9.51. The van der Waals surface area contributed by atoms with Crippen LogP contribution < -0.4 is 0 Å². The first kappa shape index (κ1) is 22.0. The Bertz CT molecular complexity index is 312. The molecule has 0 nitrogen and oxygen atoms in total. The zero-order valence-corrected chi connectivity index (χ0v) is 17.8. The molecule has 0 aliphatic carbocycles. The molecule has 0 amide bonds. The van der Waals surface area contributed by atoms with Crippen molar-refractivity contribution in [3.05, 3.63) is 0 Å². The van der Waals surface area contributed by atoms with Crippen molar-refractivity contribution in [1.82, 2.24) is 0 Å². The molecular weight excluding hydrogens is 264 g/mol. The van der Waals surface area contributed by atoms with Crippen LogP contribution in [0.5, 0.6) is 0 Å². The summed E-state index contributed by atoms with van der Waals surface area (Å²) in [6.45, 7) is 27.1. The highest BCUT2D eigenvalue weighted by molar-refractivity contribution is 4.97. The molecule has 0 aromatic carbocycles. The predicted octanol–water partition coefficient (Wildman–Crippen LogP) is 7.96. The first-order valence-electron chi connectivity index (χ1n) is 9.89. The first-order chi connectivity index (χ1) is 9.89. The number of hydrogen-bond donors (Lipinski definition) is 0. The van der Waals surface area contributed by atoms with Gasteiger partial charge in [-0.15, -0.1) is 0 Å². The van der Waals surface area contributed by atoms with Crippen molar-refractivity contribution in [2.75, 3.05) is 0 Å². The van der Waals surface area contributed by atoms with Crippen LogP contribution in [0.25, 0.3) is 0 Å². The Labute approximate surface area is 142 Å². The molecule has 0 aromatic heterocycles. The molecule has 0 aromatic rings. The normalized spacial score (nSPS) is 20.0. The van der Waals surface area contributed by atoms with Gasteiger partial charge in [0.05, 0.1) is 0 Å². The van der Waals surface area contributed by atoms with E-state index in [2.05, 4.69) is 76.2 Å². The number of rotatable bonds is 10. The van der Waals surface area contributed by atoms with Crippen LogP contribution in [0.4, 0.5) is 0 Å². The van der Waals surface area contributed by atoms with E-state index in [4.69, 9.17) is 0 Å². The van der Waals surface area contributed by atoms with E-state index in [-0.39, 0.29) is 0 Å². The summed E-state index contributed by atoms with van der Waals surface area (Å²) in [5.41, 5.74) is 1.22. The van der Waals surface area contributed by atoms with Crippen LogP contribution in [-0.2, 0) is 0 Å². The highest BCUT2D eigenvalue weighted by Gasteiger charge is 2.47. The van der Waals surface area contributed by atoms with Crippen molar-refractivity contribution in [3.63, 3.8) is 0 Å². The number of unbranched alkanes of at least 4 members (excludes halogenated alkanes) is 1. The average molecular weight is 311 g/mol. The molecule has 0 heteroatoms. The van der Waals surface area contributed by atoms with Gasteiger partial charge < -0.3 is 0 Å². The lowest BCUT2D eigenvalue weighted by Gasteiger charge is -2.54. The van der Waals surface area contributed by atoms with Crippen molar-refractivity contribution in [2.24, 2.45) is 34.0 Å². The SMILES string of the molecule is CCCCC(C)C(C)(CC(C)(CC)C(C)(C)C(C)C)C(C)C. The second-order valence-corrected chi connectivity index (χ2v) is 9.67. The Balaban J connectivity index is 5.53. The van der Waals surface area contributed by atoms with Crippen molar-refractivity contribution >= 4 is 0 Å². The zero-order valence-electron chi connectivity index (χ0n) is 17.8. The van der Waals surface area contributed by atoms with Gasteiger partial charge in [0.15, 0.2) is 0 Å². The third-order valence-corrected chi connectivity index (χ3v) is 7.99. The van der Waals surface area contributed by atoms with Crippen LogP contribution in [0.2, 0.25) is 0 Å². The van der Waals surface area contributed by atoms with E-state index in [1.807, 2.05) is 0 Å². The average Bonchev–Trinajstić information content (AvgIpc) is 2.43. The minimum Gasteiger partial charge on any atom is -0.0654 e. The third-order valence-electron chi connectivity index (χ3n) is 7.99. The summed E-state index contributed by atoms with van der Waals surface area (Å²) >= 11 is 0. The predicted molar refractivity (Wildman–Crippen MR) is 103 cm³/mol. The molecule has 0 radical (unpaired) electrons. The number of hydrogen-bond acceptors (Lipinski definition) is 0. The van der Waals surface area contributed by atoms with Gasteiger partial charge in [-0.25, -0.2) is 0 Å². The largest absolute Gasteiger partial charge is 0.0654 e. The molecule has 0 saturated heterocycles. The smallest absolute Gasteiger partial charge is 0.0269 e. The van der Waals surface area contributed by atoms with Gasteiger partial charge in [-0.3, -0.25) is 0 Å². The van der Waals surface area contributed by atoms with E-state index in [1.54, 1.807) is 0 Å². The van der Waals surface area contributed by atoms with Crippen molar-refractivity contribution in [1.29, 1.82) is 0 Å². The highest BCUT2D eigenvalue weighted by Crippen LogP contribution is 2.56. The van der Waals surface area contributed by atoms with Gasteiger partial charge in [0.2, 0.25) is 0 Å². The lowest BCUT2D eigenvalue weighted by molar-refractivity contribution is -0.0435. The molecule has 0 N–H and O–H groups in total. The van der Waals surface area contributed by atoms with Gasteiger partial charge in [-0.2, -0.15) is 0 Å². The maximum Gasteiger partial charge on any atom is -0.0269 e. The molecule has 134 valence electrons. The Morgan fingerprint density at radius 3 is 1.59 bits per heavy atom. The molecular formula is C22H46. The molecule has 0 saturated carbocycles. The van der Waals surface area contributed by atoms with Gasteiger partial charge in [-0.1, -0.05) is 102 Å². The fourth-order valence-corrected chi connectivity index (χ4v) is 4.13. The molecule has 22 heavy (non-hydrogen) atoms. The zero-order chi connectivity index (χ0) is 17.8. The molecule has 3 atom stereocenters. The van der Waals surface area contributed by atoms with E-state index in [0.29, 0.717) is 16.2 Å². The summed E-state index contributed by atoms with van der Waals surface area (Å²) in [6, 6.07) is 0. The van der Waals surface area contributed by atoms with E-state index in [0.717, 1.165) is 17.8 Å². The first-order valence-corrected chi connectivity index (χ1v) is 9.89. The Kier molecular flexibility index (Phi) is 8.20. The summed E-state index contributed by atoms with van der Waals surface area (Å²) in [6.07, 6.45) is 6.71. The van der Waals surface area contributed by atoms with Gasteiger partial charge >= 0.3 is 0 Å². The Morgan fingerprint density at radius 2 is 1.27 bits per heavy atom. The maximum atomic E-state index is 2.57. The van der Waals surface area contributed by atoms with Crippen molar-refractivity contribution in [3.8, 4) is 0 Å². The molecule has 0 rings (SSSR count). The second kappa shape index (κ2) is 8.20. The standard InChI is InChI=1S/C22H46/c1-12-14-15-19(7)22(11,18(5)6)16-21(10,13-2)20(8,9)17(3)4/h17-19H,12-16H2,1-11H3. The molecule has 0 aliphatic heterocycles. The molecule has 0 bridgehead atoms. The Morgan fingerprint density at radius 1 is 0.773 bits per heavy atom. The summed E-state index contributed by atoms with van der Waals surface area (Å²) < 4.78 is 0. The molecule has 0 heterocycles. The molecule has 0 fully saturated rings. The summed E-state index contributed by atoms with van der Waals surface area (Å²) in [5.74, 6) is 2.27. The third kappa shape index (κ3) is 4.51. The van der Waals surface area contributed by atoms with Gasteiger partial charge in [0, 0.05) is 0 Å². The van der Waals surface area contributed by atoms with Crippen LogP contribution in [0.15, 0.2) is 0 Å². The van der Waals surface area contributed by atoms with E-state index in [9.17, 15) is 0 Å². The van der Waals surface area contributed by atoms with E-state index >= 15 is 0 Å². The van der Waals surface area contributed by atoms with Gasteiger partial charge in [0.1, 0.15) is 0 Å². The quantitative estimate of drug-likeness (QED) is 0.384. The minimum atomic E-state index is 0.377. The molecule has 0 aliphatic rings. The summed E-state index contributed by atoms with van der Waals surface area (Å²) in [7, 11) is 0. The lowest BCUT2D eigenvalue weighted by Crippen LogP contribution is -2.45.